The molecule has 0 radical (unpaired) electrons. The average Bonchev–Trinajstić information content (AvgIpc) is 3.56. The monoisotopic (exact) mass is 562 g/mol. The van der Waals surface area contributed by atoms with Crippen LogP contribution in [-0.2, 0) is 5.41 Å². The summed E-state index contributed by atoms with van der Waals surface area (Å²) < 4.78 is 2.34. The van der Waals surface area contributed by atoms with E-state index in [2.05, 4.69) is 164 Å². The third kappa shape index (κ3) is 3.46. The SMILES string of the molecule is CC1(C)c2ccccc2-c2cc3c(-c4ccccc4)c4ccccc4c(-c4nc5ccccc5n4-c4ccccc4)c3cc21. The molecule has 1 aliphatic rings. The quantitative estimate of drug-likeness (QED) is 0.196. The van der Waals surface area contributed by atoms with Crippen LogP contribution in [0.25, 0.3) is 71.9 Å². The highest BCUT2D eigenvalue weighted by Crippen LogP contribution is 2.53. The fraction of sp³-hybridized carbons (Fsp3) is 0.0714. The Morgan fingerprint density at radius 1 is 0.500 bits per heavy atom. The smallest absolute Gasteiger partial charge is 0.146 e. The van der Waals surface area contributed by atoms with E-state index in [1.165, 1.54) is 60.5 Å². The normalized spacial score (nSPS) is 13.4. The van der Waals surface area contributed by atoms with E-state index in [1.807, 2.05) is 0 Å². The standard InChI is InChI=1S/C42H30N2/c1-42(2)35-22-12-11-19-29(35)32-25-33-34(26-36(32)42)40(31-21-10-9-20-30(31)39(33)27-15-5-3-6-16-27)41-43-37-23-13-14-24-38(37)44(41)28-17-7-4-8-18-28/h3-26H,1-2H3. The van der Waals surface area contributed by atoms with E-state index in [-0.39, 0.29) is 5.41 Å². The van der Waals surface area contributed by atoms with Gasteiger partial charge >= 0.3 is 0 Å². The van der Waals surface area contributed by atoms with Gasteiger partial charge in [-0.2, -0.15) is 0 Å². The topological polar surface area (TPSA) is 17.8 Å². The Morgan fingerprint density at radius 2 is 1.11 bits per heavy atom. The Morgan fingerprint density at radius 3 is 1.91 bits per heavy atom. The van der Waals surface area contributed by atoms with Gasteiger partial charge in [0.1, 0.15) is 5.82 Å². The predicted octanol–water partition coefficient (Wildman–Crippen LogP) is 11.0. The van der Waals surface area contributed by atoms with Crippen molar-refractivity contribution in [3.8, 4) is 39.3 Å². The summed E-state index contributed by atoms with van der Waals surface area (Å²) in [6, 6.07) is 52.7. The van der Waals surface area contributed by atoms with Crippen LogP contribution in [0.15, 0.2) is 146 Å². The molecule has 2 heteroatoms. The summed E-state index contributed by atoms with van der Waals surface area (Å²) in [6.45, 7) is 4.73. The van der Waals surface area contributed by atoms with Crippen molar-refractivity contribution in [1.29, 1.82) is 0 Å². The number of hydrogen-bond acceptors (Lipinski definition) is 1. The summed E-state index contributed by atoms with van der Waals surface area (Å²) in [5.41, 5.74) is 12.2. The average molecular weight is 563 g/mol. The minimum Gasteiger partial charge on any atom is -0.292 e. The number of aromatic nitrogens is 2. The zero-order valence-electron chi connectivity index (χ0n) is 24.8. The summed E-state index contributed by atoms with van der Waals surface area (Å²) in [7, 11) is 0. The molecule has 0 aliphatic heterocycles. The maximum absolute atomic E-state index is 5.39. The van der Waals surface area contributed by atoms with Crippen LogP contribution >= 0.6 is 0 Å². The minimum atomic E-state index is -0.116. The molecule has 0 fully saturated rings. The largest absolute Gasteiger partial charge is 0.292 e. The zero-order valence-corrected chi connectivity index (χ0v) is 24.8. The molecule has 2 nitrogen and oxygen atoms in total. The molecule has 44 heavy (non-hydrogen) atoms. The number of imidazole rings is 1. The summed E-state index contributed by atoms with van der Waals surface area (Å²) in [4.78, 5) is 5.39. The molecule has 7 aromatic carbocycles. The van der Waals surface area contributed by atoms with Crippen molar-refractivity contribution < 1.29 is 0 Å². The van der Waals surface area contributed by atoms with Crippen LogP contribution in [0.3, 0.4) is 0 Å². The van der Waals surface area contributed by atoms with Gasteiger partial charge in [0.2, 0.25) is 0 Å². The number of para-hydroxylation sites is 3. The number of benzene rings is 7. The fourth-order valence-electron chi connectivity index (χ4n) is 7.56. The molecule has 0 spiro atoms. The van der Waals surface area contributed by atoms with Crippen LogP contribution in [0.1, 0.15) is 25.0 Å². The first-order valence-electron chi connectivity index (χ1n) is 15.3. The molecule has 0 bridgehead atoms. The molecule has 1 aromatic heterocycles. The van der Waals surface area contributed by atoms with E-state index in [1.54, 1.807) is 0 Å². The molecular formula is C42H30N2. The van der Waals surface area contributed by atoms with Crippen molar-refractivity contribution in [2.24, 2.45) is 0 Å². The van der Waals surface area contributed by atoms with E-state index in [0.29, 0.717) is 0 Å². The molecule has 0 unspecified atom stereocenters. The zero-order chi connectivity index (χ0) is 29.4. The molecule has 208 valence electrons. The lowest BCUT2D eigenvalue weighted by atomic mass is 9.80. The Bertz CT molecular complexity index is 2400. The molecule has 1 heterocycles. The van der Waals surface area contributed by atoms with E-state index >= 15 is 0 Å². The Balaban J connectivity index is 1.51. The predicted molar refractivity (Wildman–Crippen MR) is 185 cm³/mol. The van der Waals surface area contributed by atoms with E-state index in [9.17, 15) is 0 Å². The maximum atomic E-state index is 5.39. The first kappa shape index (κ1) is 25.1. The Labute approximate surface area is 256 Å². The van der Waals surface area contributed by atoms with Crippen LogP contribution in [0.4, 0.5) is 0 Å². The van der Waals surface area contributed by atoms with E-state index in [4.69, 9.17) is 4.98 Å². The molecular weight excluding hydrogens is 532 g/mol. The van der Waals surface area contributed by atoms with Gasteiger partial charge in [-0.15, -0.1) is 0 Å². The number of rotatable bonds is 3. The lowest BCUT2D eigenvalue weighted by Crippen LogP contribution is -2.15. The summed E-state index contributed by atoms with van der Waals surface area (Å²) in [5, 5.41) is 4.93. The minimum absolute atomic E-state index is 0.116. The molecule has 0 N–H and O–H groups in total. The maximum Gasteiger partial charge on any atom is 0.146 e. The first-order chi connectivity index (χ1) is 21.6. The lowest BCUT2D eigenvalue weighted by Gasteiger charge is -2.24. The fourth-order valence-corrected chi connectivity index (χ4v) is 7.56. The number of fused-ring (bicyclic) bond motifs is 6. The summed E-state index contributed by atoms with van der Waals surface area (Å²) in [6.07, 6.45) is 0. The second kappa shape index (κ2) is 9.26. The Kier molecular flexibility index (Phi) is 5.28. The highest BCUT2D eigenvalue weighted by Gasteiger charge is 2.36. The van der Waals surface area contributed by atoms with Crippen LogP contribution in [-0.4, -0.2) is 9.55 Å². The lowest BCUT2D eigenvalue weighted by molar-refractivity contribution is 0.661. The van der Waals surface area contributed by atoms with Crippen molar-refractivity contribution in [2.75, 3.05) is 0 Å². The van der Waals surface area contributed by atoms with Crippen molar-refractivity contribution in [1.82, 2.24) is 9.55 Å². The van der Waals surface area contributed by atoms with Gasteiger partial charge in [-0.1, -0.05) is 123 Å². The number of hydrogen-bond donors (Lipinski definition) is 0. The van der Waals surface area contributed by atoms with Crippen LogP contribution in [0.5, 0.6) is 0 Å². The van der Waals surface area contributed by atoms with Gasteiger partial charge in [0.15, 0.2) is 0 Å². The molecule has 9 rings (SSSR count). The van der Waals surface area contributed by atoms with Crippen molar-refractivity contribution in [3.05, 3.63) is 157 Å². The first-order valence-corrected chi connectivity index (χ1v) is 15.3. The van der Waals surface area contributed by atoms with Crippen molar-refractivity contribution >= 4 is 32.6 Å². The molecule has 0 atom stereocenters. The van der Waals surface area contributed by atoms with Gasteiger partial charge < -0.3 is 0 Å². The van der Waals surface area contributed by atoms with Crippen molar-refractivity contribution in [2.45, 2.75) is 19.3 Å². The van der Waals surface area contributed by atoms with E-state index in [0.717, 1.165) is 22.5 Å². The van der Waals surface area contributed by atoms with Crippen LogP contribution in [0, 0.1) is 0 Å². The van der Waals surface area contributed by atoms with Gasteiger partial charge in [-0.05, 0) is 91.3 Å². The van der Waals surface area contributed by atoms with Gasteiger partial charge in [0.05, 0.1) is 11.0 Å². The van der Waals surface area contributed by atoms with Gasteiger partial charge in [0, 0.05) is 16.7 Å². The van der Waals surface area contributed by atoms with E-state index < -0.39 is 0 Å². The van der Waals surface area contributed by atoms with Crippen LogP contribution < -0.4 is 0 Å². The van der Waals surface area contributed by atoms with Crippen molar-refractivity contribution in [3.63, 3.8) is 0 Å². The Hall–Kier alpha value is -5.47. The highest BCUT2D eigenvalue weighted by molar-refractivity contribution is 6.22. The highest BCUT2D eigenvalue weighted by atomic mass is 15.1. The third-order valence-electron chi connectivity index (χ3n) is 9.59. The molecule has 0 amide bonds. The molecule has 0 saturated carbocycles. The second-order valence-electron chi connectivity index (χ2n) is 12.4. The number of nitrogens with zero attached hydrogens (tertiary/aromatic N) is 2. The summed E-state index contributed by atoms with van der Waals surface area (Å²) >= 11 is 0. The molecule has 1 aliphatic carbocycles. The molecule has 0 saturated heterocycles. The second-order valence-corrected chi connectivity index (χ2v) is 12.4. The van der Waals surface area contributed by atoms with Gasteiger partial charge in [-0.3, -0.25) is 4.57 Å². The van der Waals surface area contributed by atoms with Gasteiger partial charge in [0.25, 0.3) is 0 Å². The van der Waals surface area contributed by atoms with Crippen LogP contribution in [0.2, 0.25) is 0 Å². The van der Waals surface area contributed by atoms with Gasteiger partial charge in [-0.25, -0.2) is 4.98 Å². The third-order valence-corrected chi connectivity index (χ3v) is 9.59. The summed E-state index contributed by atoms with van der Waals surface area (Å²) in [5.74, 6) is 0.964. The molecule has 8 aromatic rings.